The Morgan fingerprint density at radius 3 is 2.47 bits per heavy atom. The summed E-state index contributed by atoms with van der Waals surface area (Å²) in [4.78, 5) is 2.60. The summed E-state index contributed by atoms with van der Waals surface area (Å²) < 4.78 is 0. The Balaban J connectivity index is 2.37. The molecule has 1 N–H and O–H groups in total. The summed E-state index contributed by atoms with van der Waals surface area (Å²) in [6, 6.07) is 1.51. The Morgan fingerprint density at radius 2 is 2.00 bits per heavy atom. The van der Waals surface area contributed by atoms with E-state index in [2.05, 4.69) is 38.0 Å². The minimum Gasteiger partial charge on any atom is -0.315 e. The molecule has 1 saturated carbocycles. The second-order valence-corrected chi connectivity index (χ2v) is 4.99. The zero-order valence-corrected chi connectivity index (χ0v) is 10.9. The van der Waals surface area contributed by atoms with Crippen molar-refractivity contribution in [1.82, 2.24) is 10.2 Å². The third-order valence-electron chi connectivity index (χ3n) is 3.77. The highest BCUT2D eigenvalue weighted by Crippen LogP contribution is 2.35. The molecule has 0 spiro atoms. The molecule has 0 aromatic rings. The summed E-state index contributed by atoms with van der Waals surface area (Å²) in [6.45, 7) is 9.11. The molecule has 2 nitrogen and oxygen atoms in total. The number of nitrogens with zero attached hydrogens (tertiary/aromatic N) is 1. The molecule has 0 bridgehead atoms. The zero-order chi connectivity index (χ0) is 11.3. The molecule has 0 aromatic carbocycles. The van der Waals surface area contributed by atoms with E-state index in [0.29, 0.717) is 0 Å². The fourth-order valence-corrected chi connectivity index (χ4v) is 2.34. The van der Waals surface area contributed by atoms with Crippen molar-refractivity contribution in [3.8, 4) is 0 Å². The first-order valence-electron chi connectivity index (χ1n) is 6.63. The second-order valence-electron chi connectivity index (χ2n) is 4.99. The lowest BCUT2D eigenvalue weighted by Gasteiger charge is -2.33. The molecule has 0 amide bonds. The number of rotatable bonds is 8. The van der Waals surface area contributed by atoms with Crippen LogP contribution >= 0.6 is 0 Å². The molecule has 0 heterocycles. The summed E-state index contributed by atoms with van der Waals surface area (Å²) >= 11 is 0. The van der Waals surface area contributed by atoms with E-state index >= 15 is 0 Å². The van der Waals surface area contributed by atoms with Crippen molar-refractivity contribution >= 4 is 0 Å². The molecule has 15 heavy (non-hydrogen) atoms. The van der Waals surface area contributed by atoms with Crippen LogP contribution in [0, 0.1) is 5.92 Å². The Kier molecular flexibility index (Phi) is 5.62. The lowest BCUT2D eigenvalue weighted by Crippen LogP contribution is -2.45. The third-order valence-corrected chi connectivity index (χ3v) is 3.77. The molecule has 2 unspecified atom stereocenters. The van der Waals surface area contributed by atoms with Gasteiger partial charge in [0.2, 0.25) is 0 Å². The van der Waals surface area contributed by atoms with Crippen LogP contribution in [0.15, 0.2) is 0 Å². The lowest BCUT2D eigenvalue weighted by molar-refractivity contribution is 0.155. The summed E-state index contributed by atoms with van der Waals surface area (Å²) in [7, 11) is 2.31. The highest BCUT2D eigenvalue weighted by Gasteiger charge is 2.32. The van der Waals surface area contributed by atoms with Crippen molar-refractivity contribution in [1.29, 1.82) is 0 Å². The van der Waals surface area contributed by atoms with Crippen molar-refractivity contribution in [2.24, 2.45) is 5.92 Å². The van der Waals surface area contributed by atoms with Crippen LogP contribution in [-0.4, -0.2) is 37.1 Å². The van der Waals surface area contributed by atoms with Gasteiger partial charge in [0.15, 0.2) is 0 Å². The van der Waals surface area contributed by atoms with Crippen LogP contribution in [0.4, 0.5) is 0 Å². The first-order chi connectivity index (χ1) is 7.20. The van der Waals surface area contributed by atoms with Crippen LogP contribution in [0.2, 0.25) is 0 Å². The van der Waals surface area contributed by atoms with Gasteiger partial charge >= 0.3 is 0 Å². The smallest absolute Gasteiger partial charge is 0.0220 e. The van der Waals surface area contributed by atoms with Gasteiger partial charge in [0.05, 0.1) is 0 Å². The monoisotopic (exact) mass is 212 g/mol. The molecule has 0 saturated heterocycles. The van der Waals surface area contributed by atoms with Gasteiger partial charge in [-0.15, -0.1) is 0 Å². The van der Waals surface area contributed by atoms with Crippen LogP contribution in [0.1, 0.15) is 46.5 Å². The number of likely N-dealkylation sites (N-methyl/N-ethyl adjacent to an activating group) is 2. The average molecular weight is 212 g/mol. The predicted octanol–water partition coefficient (Wildman–Crippen LogP) is 2.49. The van der Waals surface area contributed by atoms with Crippen molar-refractivity contribution in [3.05, 3.63) is 0 Å². The molecule has 1 aliphatic carbocycles. The topological polar surface area (TPSA) is 15.3 Å². The van der Waals surface area contributed by atoms with E-state index in [-0.39, 0.29) is 0 Å². The van der Waals surface area contributed by atoms with Crippen LogP contribution < -0.4 is 5.32 Å². The maximum absolute atomic E-state index is 3.49. The molecule has 0 radical (unpaired) electrons. The highest BCUT2D eigenvalue weighted by atomic mass is 15.2. The van der Waals surface area contributed by atoms with Gasteiger partial charge in [-0.2, -0.15) is 0 Å². The Bertz CT molecular complexity index is 166. The molecule has 1 fully saturated rings. The summed E-state index contributed by atoms with van der Waals surface area (Å²) in [5.41, 5.74) is 0. The van der Waals surface area contributed by atoms with Gasteiger partial charge in [-0.05, 0) is 45.7 Å². The van der Waals surface area contributed by atoms with Crippen LogP contribution in [0.5, 0.6) is 0 Å². The largest absolute Gasteiger partial charge is 0.315 e. The number of hydrogen-bond acceptors (Lipinski definition) is 2. The zero-order valence-electron chi connectivity index (χ0n) is 10.9. The second kappa shape index (κ2) is 6.49. The molecule has 2 heteroatoms. The predicted molar refractivity (Wildman–Crippen MR) is 67.2 cm³/mol. The number of nitrogens with one attached hydrogen (secondary N) is 1. The van der Waals surface area contributed by atoms with Gasteiger partial charge in [0, 0.05) is 18.6 Å². The average Bonchev–Trinajstić information content (AvgIpc) is 3.05. The Labute approximate surface area is 95.4 Å². The first-order valence-corrected chi connectivity index (χ1v) is 6.63. The van der Waals surface area contributed by atoms with Crippen LogP contribution in [0.25, 0.3) is 0 Å². The minimum absolute atomic E-state index is 0.727. The first kappa shape index (κ1) is 13.0. The van der Waals surface area contributed by atoms with Gasteiger partial charge in [0.25, 0.3) is 0 Å². The SMILES string of the molecule is CCCC(CNCC)N(C)C(C)C1CC1. The Morgan fingerprint density at radius 1 is 1.33 bits per heavy atom. The van der Waals surface area contributed by atoms with E-state index in [1.54, 1.807) is 0 Å². The van der Waals surface area contributed by atoms with E-state index in [0.717, 1.165) is 31.1 Å². The van der Waals surface area contributed by atoms with Gasteiger partial charge in [0.1, 0.15) is 0 Å². The summed E-state index contributed by atoms with van der Waals surface area (Å²) in [5.74, 6) is 0.982. The van der Waals surface area contributed by atoms with Crippen molar-refractivity contribution < 1.29 is 0 Å². The van der Waals surface area contributed by atoms with Gasteiger partial charge < -0.3 is 5.32 Å². The normalized spacial score (nSPS) is 20.6. The molecule has 90 valence electrons. The maximum Gasteiger partial charge on any atom is 0.0220 e. The Hall–Kier alpha value is -0.0800. The molecule has 0 aromatic heterocycles. The van der Waals surface area contributed by atoms with Gasteiger partial charge in [-0.3, -0.25) is 4.90 Å². The lowest BCUT2D eigenvalue weighted by atomic mass is 10.1. The number of hydrogen-bond donors (Lipinski definition) is 1. The van der Waals surface area contributed by atoms with Crippen molar-refractivity contribution in [2.45, 2.75) is 58.5 Å². The molecule has 2 atom stereocenters. The van der Waals surface area contributed by atoms with E-state index in [4.69, 9.17) is 0 Å². The summed E-state index contributed by atoms with van der Waals surface area (Å²) in [5, 5.41) is 3.49. The molecular formula is C13H28N2. The van der Waals surface area contributed by atoms with Crippen LogP contribution in [0.3, 0.4) is 0 Å². The molecule has 1 rings (SSSR count). The van der Waals surface area contributed by atoms with E-state index < -0.39 is 0 Å². The molecular weight excluding hydrogens is 184 g/mol. The fraction of sp³-hybridized carbons (Fsp3) is 1.00. The van der Waals surface area contributed by atoms with Gasteiger partial charge in [-0.25, -0.2) is 0 Å². The summed E-state index contributed by atoms with van der Waals surface area (Å²) in [6.07, 6.45) is 5.51. The maximum atomic E-state index is 3.49. The fourth-order valence-electron chi connectivity index (χ4n) is 2.34. The standard InChI is InChI=1S/C13H28N2/c1-5-7-13(10-14-6-2)15(4)11(3)12-8-9-12/h11-14H,5-10H2,1-4H3. The van der Waals surface area contributed by atoms with Gasteiger partial charge in [-0.1, -0.05) is 20.3 Å². The quantitative estimate of drug-likeness (QED) is 0.665. The van der Waals surface area contributed by atoms with Crippen molar-refractivity contribution in [3.63, 3.8) is 0 Å². The minimum atomic E-state index is 0.727. The van der Waals surface area contributed by atoms with Crippen LogP contribution in [-0.2, 0) is 0 Å². The van der Waals surface area contributed by atoms with E-state index in [1.807, 2.05) is 0 Å². The molecule has 1 aliphatic rings. The van der Waals surface area contributed by atoms with Crippen molar-refractivity contribution in [2.75, 3.05) is 20.1 Å². The van der Waals surface area contributed by atoms with E-state index in [1.165, 1.54) is 25.7 Å². The third kappa shape index (κ3) is 4.12. The molecule has 0 aliphatic heterocycles. The van der Waals surface area contributed by atoms with E-state index in [9.17, 15) is 0 Å². The highest BCUT2D eigenvalue weighted by molar-refractivity contribution is 4.87.